The predicted octanol–water partition coefficient (Wildman–Crippen LogP) is 0.0247. The van der Waals surface area contributed by atoms with Crippen LogP contribution in [-0.4, -0.2) is 22.4 Å². The molecule has 0 radical (unpaired) electrons. The number of aliphatic carboxylic acids is 2. The largest absolute Gasteiger partial charge is 2.00 e. The van der Waals surface area contributed by atoms with Crippen LogP contribution in [0.2, 0.25) is 0 Å². The van der Waals surface area contributed by atoms with E-state index >= 15 is 0 Å². The van der Waals surface area contributed by atoms with Crippen LogP contribution in [0, 0.1) is 0 Å². The van der Waals surface area contributed by atoms with Gasteiger partial charge in [-0.2, -0.15) is 0 Å². The summed E-state index contributed by atoms with van der Waals surface area (Å²) < 4.78 is 0. The molecule has 0 bridgehead atoms. The third-order valence-electron chi connectivity index (χ3n) is 1.40. The van der Waals surface area contributed by atoms with Crippen LogP contribution in [0.25, 0.3) is 0 Å². The van der Waals surface area contributed by atoms with Gasteiger partial charge in [0.2, 0.25) is 0 Å². The van der Waals surface area contributed by atoms with Crippen LogP contribution >= 0.6 is 43.2 Å². The Hall–Kier alpha value is 0.314. The second-order valence-electron chi connectivity index (χ2n) is 2.52. The molecule has 0 amide bonds. The molecule has 9 heteroatoms. The van der Waals surface area contributed by atoms with Crippen LogP contribution in [0.3, 0.4) is 0 Å². The SMILES string of the molecule is O=C([O-])C1C=CSS1.O=C([O-])C1C=CSS1.[Ni+2]. The van der Waals surface area contributed by atoms with Crippen molar-refractivity contribution in [2.45, 2.75) is 10.5 Å². The first-order chi connectivity index (χ1) is 7.61. The zero-order chi connectivity index (χ0) is 12.0. The van der Waals surface area contributed by atoms with Crippen molar-refractivity contribution in [1.82, 2.24) is 0 Å². The minimum absolute atomic E-state index is 0. The third kappa shape index (κ3) is 6.71. The van der Waals surface area contributed by atoms with Crippen LogP contribution < -0.4 is 10.2 Å². The maximum Gasteiger partial charge on any atom is 2.00 e. The van der Waals surface area contributed by atoms with Gasteiger partial charge in [0.05, 0.1) is 22.4 Å². The summed E-state index contributed by atoms with van der Waals surface area (Å²) in [6, 6.07) is 0. The molecule has 2 aliphatic heterocycles. The minimum atomic E-state index is -1.00. The van der Waals surface area contributed by atoms with Crippen molar-refractivity contribution in [2.75, 3.05) is 0 Å². The fourth-order valence-corrected chi connectivity index (χ4v) is 4.49. The molecule has 2 atom stereocenters. The fraction of sp³-hybridized carbons (Fsp3) is 0.250. The molecule has 2 unspecified atom stereocenters. The van der Waals surface area contributed by atoms with E-state index in [1.807, 2.05) is 0 Å². The quantitative estimate of drug-likeness (QED) is 0.508. The molecule has 0 saturated carbocycles. The van der Waals surface area contributed by atoms with Gasteiger partial charge in [0.25, 0.3) is 0 Å². The Morgan fingerprint density at radius 2 is 1.24 bits per heavy atom. The van der Waals surface area contributed by atoms with Crippen molar-refractivity contribution in [3.8, 4) is 0 Å². The fourth-order valence-electron chi connectivity index (χ4n) is 0.691. The van der Waals surface area contributed by atoms with Crippen molar-refractivity contribution in [3.05, 3.63) is 23.0 Å². The second-order valence-corrected chi connectivity index (χ2v) is 7.16. The molecule has 0 N–H and O–H groups in total. The van der Waals surface area contributed by atoms with E-state index in [-0.39, 0.29) is 16.5 Å². The summed E-state index contributed by atoms with van der Waals surface area (Å²) in [6.45, 7) is 0. The Bertz CT molecular complexity index is 301. The maximum atomic E-state index is 10.0. The first kappa shape index (κ1) is 17.3. The molecule has 2 rings (SSSR count). The van der Waals surface area contributed by atoms with Gasteiger partial charge in [-0.3, -0.25) is 0 Å². The molecule has 2 aliphatic rings. The van der Waals surface area contributed by atoms with Gasteiger partial charge in [-0.05, 0) is 10.8 Å². The predicted molar refractivity (Wildman–Crippen MR) is 66.2 cm³/mol. The molecule has 0 saturated heterocycles. The van der Waals surface area contributed by atoms with Gasteiger partial charge in [-0.25, -0.2) is 0 Å². The van der Waals surface area contributed by atoms with Crippen molar-refractivity contribution in [1.29, 1.82) is 0 Å². The van der Waals surface area contributed by atoms with E-state index in [1.165, 1.54) is 43.2 Å². The number of carbonyl (C=O) groups is 2. The number of carbonyl (C=O) groups excluding carboxylic acids is 2. The van der Waals surface area contributed by atoms with E-state index < -0.39 is 22.4 Å². The number of hydrogen-bond acceptors (Lipinski definition) is 8. The number of carboxylic acid groups (broad SMARTS) is 2. The first-order valence-electron chi connectivity index (χ1n) is 4.00. The summed E-state index contributed by atoms with van der Waals surface area (Å²) in [5, 5.41) is 22.7. The topological polar surface area (TPSA) is 80.3 Å². The van der Waals surface area contributed by atoms with E-state index in [0.717, 1.165) is 0 Å². The molecule has 17 heavy (non-hydrogen) atoms. The second kappa shape index (κ2) is 9.27. The monoisotopic (exact) mass is 352 g/mol. The van der Waals surface area contributed by atoms with Crippen LogP contribution in [0.5, 0.6) is 0 Å². The van der Waals surface area contributed by atoms with Gasteiger partial charge >= 0.3 is 16.5 Å². The number of rotatable bonds is 2. The van der Waals surface area contributed by atoms with Gasteiger partial charge in [0.1, 0.15) is 0 Å². The molecule has 0 aromatic carbocycles. The summed E-state index contributed by atoms with van der Waals surface area (Å²) in [5.41, 5.74) is 0. The van der Waals surface area contributed by atoms with Gasteiger partial charge in [-0.15, -0.1) is 0 Å². The van der Waals surface area contributed by atoms with E-state index in [0.29, 0.717) is 0 Å². The third-order valence-corrected chi connectivity index (χ3v) is 5.85. The maximum absolute atomic E-state index is 10.0. The Kier molecular flexibility index (Phi) is 9.44. The molecule has 2 heterocycles. The van der Waals surface area contributed by atoms with Crippen molar-refractivity contribution in [2.24, 2.45) is 0 Å². The molecule has 0 fully saturated rings. The average molecular weight is 353 g/mol. The summed E-state index contributed by atoms with van der Waals surface area (Å²) in [5.74, 6) is -2.01. The van der Waals surface area contributed by atoms with Crippen LogP contribution in [-0.2, 0) is 26.1 Å². The Balaban J connectivity index is 0.000000284. The van der Waals surface area contributed by atoms with Gasteiger partial charge in [0.15, 0.2) is 0 Å². The zero-order valence-electron chi connectivity index (χ0n) is 8.05. The number of carboxylic acids is 2. The van der Waals surface area contributed by atoms with Gasteiger partial charge in [0, 0.05) is 0 Å². The molecule has 4 nitrogen and oxygen atoms in total. The minimum Gasteiger partial charge on any atom is -0.549 e. The normalized spacial score (nSPS) is 24.7. The Morgan fingerprint density at radius 3 is 1.35 bits per heavy atom. The van der Waals surface area contributed by atoms with Gasteiger partial charge in [-0.1, -0.05) is 55.3 Å². The summed E-state index contributed by atoms with van der Waals surface area (Å²) in [6.07, 6.45) is 3.23. The van der Waals surface area contributed by atoms with E-state index in [4.69, 9.17) is 0 Å². The molecular weight excluding hydrogens is 347 g/mol. The first-order valence-corrected chi connectivity index (χ1v) is 8.56. The molecule has 0 aromatic heterocycles. The standard InChI is InChI=1S/2C4H4O2S2.Ni/c2*5-4(6)3-1-2-7-8-3;/h2*1-3H,(H,5,6);/q;;+2/p-2. The van der Waals surface area contributed by atoms with Crippen LogP contribution in [0.1, 0.15) is 0 Å². The smallest absolute Gasteiger partial charge is 0.549 e. The zero-order valence-corrected chi connectivity index (χ0v) is 12.3. The van der Waals surface area contributed by atoms with E-state index in [2.05, 4.69) is 0 Å². The molecule has 96 valence electrons. The summed E-state index contributed by atoms with van der Waals surface area (Å²) >= 11 is 0. The van der Waals surface area contributed by atoms with E-state index in [9.17, 15) is 19.8 Å². The van der Waals surface area contributed by atoms with Crippen LogP contribution in [0.4, 0.5) is 0 Å². The summed E-state index contributed by atoms with van der Waals surface area (Å²) in [7, 11) is 5.44. The molecule has 0 spiro atoms. The molecule has 0 aromatic rings. The van der Waals surface area contributed by atoms with Gasteiger partial charge < -0.3 is 19.8 Å². The molecular formula is C8H6NiO4S4. The van der Waals surface area contributed by atoms with Crippen molar-refractivity contribution in [3.63, 3.8) is 0 Å². The van der Waals surface area contributed by atoms with Crippen LogP contribution in [0.15, 0.2) is 23.0 Å². The van der Waals surface area contributed by atoms with Crippen molar-refractivity contribution < 1.29 is 36.3 Å². The van der Waals surface area contributed by atoms with Crippen molar-refractivity contribution >= 4 is 55.1 Å². The number of hydrogen-bond donors (Lipinski definition) is 0. The summed E-state index contributed by atoms with van der Waals surface area (Å²) in [4.78, 5) is 20.0. The Labute approximate surface area is 124 Å². The molecule has 0 aliphatic carbocycles. The Morgan fingerprint density at radius 1 is 0.882 bits per heavy atom. The van der Waals surface area contributed by atoms with E-state index in [1.54, 1.807) is 23.0 Å². The average Bonchev–Trinajstić information content (AvgIpc) is 2.93.